The van der Waals surface area contributed by atoms with Crippen molar-refractivity contribution in [2.75, 3.05) is 0 Å². The first-order valence-corrected chi connectivity index (χ1v) is 5.11. The minimum atomic E-state index is -1.08. The van der Waals surface area contributed by atoms with Gasteiger partial charge in [0.2, 0.25) is 0 Å². The molecular weight excluding hydrogens is 206 g/mol. The van der Waals surface area contributed by atoms with Crippen LogP contribution >= 0.6 is 0 Å². The molecule has 1 amide bonds. The van der Waals surface area contributed by atoms with Crippen molar-refractivity contribution in [1.29, 1.82) is 0 Å². The van der Waals surface area contributed by atoms with E-state index < -0.39 is 11.6 Å². The fourth-order valence-electron chi connectivity index (χ4n) is 1.25. The molecule has 0 aliphatic rings. The summed E-state index contributed by atoms with van der Waals surface area (Å²) < 4.78 is 0. The van der Waals surface area contributed by atoms with Crippen molar-refractivity contribution in [1.82, 2.24) is 5.06 Å². The summed E-state index contributed by atoms with van der Waals surface area (Å²) in [6.45, 7) is 5.61. The van der Waals surface area contributed by atoms with Crippen LogP contribution in [0.5, 0.6) is 0 Å². The second-order valence-corrected chi connectivity index (χ2v) is 4.51. The van der Waals surface area contributed by atoms with Crippen molar-refractivity contribution >= 4 is 6.09 Å². The van der Waals surface area contributed by atoms with Gasteiger partial charge in [0.25, 0.3) is 0 Å². The molecule has 0 bridgehead atoms. The molecule has 0 saturated heterocycles. The molecule has 88 valence electrons. The summed E-state index contributed by atoms with van der Waals surface area (Å²) in [5.74, 6) is 0. The number of nitrogens with zero attached hydrogens (tertiary/aromatic N) is 1. The topological polar surface area (TPSA) is 49.8 Å². The highest BCUT2D eigenvalue weighted by molar-refractivity contribution is 5.64. The molecule has 0 aliphatic carbocycles. The minimum absolute atomic E-state index is 0.254. The van der Waals surface area contributed by atoms with E-state index in [0.717, 1.165) is 10.6 Å². The first kappa shape index (κ1) is 12.5. The van der Waals surface area contributed by atoms with E-state index in [1.807, 2.05) is 30.3 Å². The number of hydrogen-bond donors (Lipinski definition) is 1. The summed E-state index contributed by atoms with van der Waals surface area (Å²) >= 11 is 0. The van der Waals surface area contributed by atoms with E-state index in [4.69, 9.17) is 9.94 Å². The molecule has 4 nitrogen and oxygen atoms in total. The van der Waals surface area contributed by atoms with Crippen LogP contribution in [-0.2, 0) is 11.4 Å². The van der Waals surface area contributed by atoms with Crippen molar-refractivity contribution < 1.29 is 14.7 Å². The summed E-state index contributed by atoms with van der Waals surface area (Å²) in [4.78, 5) is 16.3. The maximum absolute atomic E-state index is 11.0. The molecular formula is C12H17NO3. The van der Waals surface area contributed by atoms with Crippen LogP contribution in [0.2, 0.25) is 0 Å². The van der Waals surface area contributed by atoms with Gasteiger partial charge in [0.15, 0.2) is 0 Å². The number of amides is 1. The standard InChI is InChI=1S/C12H17NO3/c1-12(2,3)13(11(14)15)16-9-10-7-5-4-6-8-10/h4-8H,9H2,1-3H3,(H,14,15). The molecule has 0 unspecified atom stereocenters. The molecule has 1 aromatic carbocycles. The monoisotopic (exact) mass is 223 g/mol. The van der Waals surface area contributed by atoms with Gasteiger partial charge < -0.3 is 5.11 Å². The third kappa shape index (κ3) is 3.55. The zero-order valence-electron chi connectivity index (χ0n) is 9.80. The van der Waals surface area contributed by atoms with Gasteiger partial charge in [-0.15, -0.1) is 0 Å². The van der Waals surface area contributed by atoms with E-state index in [1.165, 1.54) is 0 Å². The second kappa shape index (κ2) is 4.99. The van der Waals surface area contributed by atoms with Gasteiger partial charge in [-0.05, 0) is 26.3 Å². The SMILES string of the molecule is CC(C)(C)N(OCc1ccccc1)C(=O)O. The van der Waals surface area contributed by atoms with Crippen molar-refractivity contribution in [3.05, 3.63) is 35.9 Å². The van der Waals surface area contributed by atoms with Gasteiger partial charge in [-0.2, -0.15) is 5.06 Å². The van der Waals surface area contributed by atoms with Crippen molar-refractivity contribution in [3.8, 4) is 0 Å². The fraction of sp³-hybridized carbons (Fsp3) is 0.417. The Balaban J connectivity index is 2.62. The Morgan fingerprint density at radius 2 is 1.88 bits per heavy atom. The van der Waals surface area contributed by atoms with Crippen LogP contribution in [0.4, 0.5) is 4.79 Å². The van der Waals surface area contributed by atoms with Crippen LogP contribution in [-0.4, -0.2) is 21.8 Å². The zero-order chi connectivity index (χ0) is 12.2. The average molecular weight is 223 g/mol. The zero-order valence-corrected chi connectivity index (χ0v) is 9.80. The molecule has 1 aromatic rings. The van der Waals surface area contributed by atoms with Crippen LogP contribution in [0.25, 0.3) is 0 Å². The maximum atomic E-state index is 11.0. The van der Waals surface area contributed by atoms with Gasteiger partial charge in [0.05, 0.1) is 5.54 Å². The molecule has 0 fully saturated rings. The first-order chi connectivity index (χ1) is 7.41. The molecule has 0 aromatic heterocycles. The fourth-order valence-corrected chi connectivity index (χ4v) is 1.25. The average Bonchev–Trinajstić information content (AvgIpc) is 2.17. The normalized spacial score (nSPS) is 11.2. The lowest BCUT2D eigenvalue weighted by atomic mass is 10.1. The van der Waals surface area contributed by atoms with Gasteiger partial charge >= 0.3 is 6.09 Å². The Bertz CT molecular complexity index is 343. The second-order valence-electron chi connectivity index (χ2n) is 4.51. The Morgan fingerprint density at radius 1 is 1.31 bits per heavy atom. The van der Waals surface area contributed by atoms with E-state index in [2.05, 4.69) is 0 Å². The molecule has 0 atom stereocenters. The molecule has 1 rings (SSSR count). The number of carboxylic acid groups (broad SMARTS) is 1. The number of hydrogen-bond acceptors (Lipinski definition) is 2. The van der Waals surface area contributed by atoms with Crippen molar-refractivity contribution in [2.45, 2.75) is 32.9 Å². The van der Waals surface area contributed by atoms with Crippen LogP contribution < -0.4 is 0 Å². The van der Waals surface area contributed by atoms with E-state index in [9.17, 15) is 4.79 Å². The number of carbonyl (C=O) groups is 1. The Kier molecular flexibility index (Phi) is 3.90. The third-order valence-electron chi connectivity index (χ3n) is 1.99. The Labute approximate surface area is 95.4 Å². The quantitative estimate of drug-likeness (QED) is 0.801. The molecule has 0 spiro atoms. The summed E-state index contributed by atoms with van der Waals surface area (Å²) in [6, 6.07) is 9.47. The third-order valence-corrected chi connectivity index (χ3v) is 1.99. The lowest BCUT2D eigenvalue weighted by Crippen LogP contribution is -2.44. The molecule has 4 heteroatoms. The molecule has 0 aliphatic heterocycles. The number of benzene rings is 1. The smallest absolute Gasteiger partial charge is 0.431 e. The van der Waals surface area contributed by atoms with Crippen molar-refractivity contribution in [2.24, 2.45) is 0 Å². The van der Waals surface area contributed by atoms with E-state index >= 15 is 0 Å². The van der Waals surface area contributed by atoms with Gasteiger partial charge in [-0.3, -0.25) is 4.84 Å². The van der Waals surface area contributed by atoms with E-state index in [1.54, 1.807) is 20.8 Å². The predicted molar refractivity (Wildman–Crippen MR) is 60.8 cm³/mol. The highest BCUT2D eigenvalue weighted by atomic mass is 16.7. The molecule has 0 saturated carbocycles. The maximum Gasteiger partial charge on any atom is 0.431 e. The molecule has 0 heterocycles. The summed E-state index contributed by atoms with van der Waals surface area (Å²) in [5, 5.41) is 9.96. The molecule has 0 radical (unpaired) electrons. The minimum Gasteiger partial charge on any atom is -0.463 e. The van der Waals surface area contributed by atoms with Crippen molar-refractivity contribution in [3.63, 3.8) is 0 Å². The van der Waals surface area contributed by atoms with Crippen LogP contribution in [0.15, 0.2) is 30.3 Å². The van der Waals surface area contributed by atoms with Crippen LogP contribution in [0.1, 0.15) is 26.3 Å². The Hall–Kier alpha value is -1.55. The number of hydroxylamine groups is 2. The highest BCUT2D eigenvalue weighted by Crippen LogP contribution is 2.15. The lowest BCUT2D eigenvalue weighted by molar-refractivity contribution is -0.187. The summed E-state index contributed by atoms with van der Waals surface area (Å²) in [6.07, 6.45) is -1.08. The van der Waals surface area contributed by atoms with Gasteiger partial charge in [0.1, 0.15) is 6.61 Å². The van der Waals surface area contributed by atoms with Crippen LogP contribution in [0, 0.1) is 0 Å². The largest absolute Gasteiger partial charge is 0.463 e. The first-order valence-electron chi connectivity index (χ1n) is 5.11. The van der Waals surface area contributed by atoms with E-state index in [0.29, 0.717) is 0 Å². The van der Waals surface area contributed by atoms with Crippen LogP contribution in [0.3, 0.4) is 0 Å². The molecule has 16 heavy (non-hydrogen) atoms. The molecule has 1 N–H and O–H groups in total. The van der Waals surface area contributed by atoms with Gasteiger partial charge in [0, 0.05) is 0 Å². The summed E-state index contributed by atoms with van der Waals surface area (Å²) in [5.41, 5.74) is 0.374. The highest BCUT2D eigenvalue weighted by Gasteiger charge is 2.27. The number of rotatable bonds is 3. The predicted octanol–water partition coefficient (Wildman–Crippen LogP) is 2.90. The Morgan fingerprint density at radius 3 is 2.31 bits per heavy atom. The summed E-state index contributed by atoms with van der Waals surface area (Å²) in [7, 11) is 0. The van der Waals surface area contributed by atoms with E-state index in [-0.39, 0.29) is 6.61 Å². The van der Waals surface area contributed by atoms with Gasteiger partial charge in [-0.1, -0.05) is 30.3 Å². The van der Waals surface area contributed by atoms with Gasteiger partial charge in [-0.25, -0.2) is 4.79 Å². The lowest BCUT2D eigenvalue weighted by Gasteiger charge is -2.31.